The number of pyridine rings is 1. The van der Waals surface area contributed by atoms with Gasteiger partial charge in [0.15, 0.2) is 18.0 Å². The standard InChI is InChI=1S/C54H53N4O/c1-52(2,3)38-22-25-49-50(31-38)57(41-19-15-18-37(28-41)36-16-11-10-12-17-36)35-58(49,57)42-29-40(54(7,8)9)30-44(33-42)59-43-23-24-46-45-20-13-14-21-47(45)56(48(46)34-43)51-32-39(26-27-55-51)53(4,5)6/h10-35H,1-9H3/q+1/t57-,58?/m0/s1. The van der Waals surface area contributed by atoms with E-state index in [-0.39, 0.29) is 16.2 Å². The molecule has 0 radical (unpaired) electrons. The number of hydrogen-bond acceptors (Lipinski definition) is 2. The van der Waals surface area contributed by atoms with Crippen LogP contribution in [0.5, 0.6) is 11.5 Å². The van der Waals surface area contributed by atoms with E-state index >= 15 is 0 Å². The molecule has 5 nitrogen and oxygen atoms in total. The molecule has 5 heteroatoms. The van der Waals surface area contributed by atoms with Crippen molar-refractivity contribution < 1.29 is 4.74 Å². The van der Waals surface area contributed by atoms with Crippen molar-refractivity contribution in [3.63, 3.8) is 0 Å². The summed E-state index contributed by atoms with van der Waals surface area (Å²) in [7, 11) is 0. The van der Waals surface area contributed by atoms with E-state index in [0.717, 1.165) is 28.4 Å². The monoisotopic (exact) mass is 773 g/mol. The van der Waals surface area contributed by atoms with Crippen LogP contribution < -0.4 is 13.9 Å². The Morgan fingerprint density at radius 1 is 0.475 bits per heavy atom. The molecular weight excluding hydrogens is 721 g/mol. The molecular formula is C54H53N4O+. The molecule has 0 spiro atoms. The van der Waals surface area contributed by atoms with Gasteiger partial charge in [0.25, 0.3) is 0 Å². The minimum absolute atomic E-state index is 0.00563. The number of rotatable bonds is 6. The maximum atomic E-state index is 7.01. The van der Waals surface area contributed by atoms with Crippen molar-refractivity contribution in [2.75, 3.05) is 0 Å². The van der Waals surface area contributed by atoms with Gasteiger partial charge in [0.2, 0.25) is 11.4 Å². The van der Waals surface area contributed by atoms with Crippen LogP contribution in [-0.2, 0) is 16.2 Å². The molecule has 2 atom stereocenters. The molecule has 0 amide bonds. The lowest BCUT2D eigenvalue weighted by atomic mass is 9.85. The number of hydrogen-bond donors (Lipinski definition) is 0. The molecule has 59 heavy (non-hydrogen) atoms. The van der Waals surface area contributed by atoms with Gasteiger partial charge in [-0.05, 0) is 80.5 Å². The third-order valence-electron chi connectivity index (χ3n) is 12.6. The fourth-order valence-corrected chi connectivity index (χ4v) is 9.17. The van der Waals surface area contributed by atoms with E-state index in [1.807, 2.05) is 6.20 Å². The fourth-order valence-electron chi connectivity index (χ4n) is 9.17. The summed E-state index contributed by atoms with van der Waals surface area (Å²) in [5.74, 6) is 2.52. The third kappa shape index (κ3) is 5.78. The van der Waals surface area contributed by atoms with E-state index in [1.165, 1.54) is 61.3 Å². The summed E-state index contributed by atoms with van der Waals surface area (Å²) in [4.78, 5) is 4.91. The predicted molar refractivity (Wildman–Crippen MR) is 247 cm³/mol. The zero-order valence-electron chi connectivity index (χ0n) is 35.7. The Bertz CT molecular complexity index is 2960. The minimum atomic E-state index is -0.116. The smallest absolute Gasteiger partial charge is 0.225 e. The Kier molecular flexibility index (Phi) is 8.05. The van der Waals surface area contributed by atoms with E-state index < -0.39 is 0 Å². The summed E-state index contributed by atoms with van der Waals surface area (Å²) in [6.07, 6.45) is 1.93. The summed E-state index contributed by atoms with van der Waals surface area (Å²) in [5.41, 5.74) is 13.4. The first kappa shape index (κ1) is 37.3. The lowest BCUT2D eigenvalue weighted by Crippen LogP contribution is -2.46. The highest BCUT2D eigenvalue weighted by Crippen LogP contribution is 2.76. The zero-order valence-corrected chi connectivity index (χ0v) is 35.7. The second-order valence-corrected chi connectivity index (χ2v) is 19.6. The average molecular weight is 774 g/mol. The second-order valence-electron chi connectivity index (χ2n) is 19.6. The van der Waals surface area contributed by atoms with Gasteiger partial charge >= 0.3 is 0 Å². The van der Waals surface area contributed by atoms with Crippen molar-refractivity contribution in [1.29, 1.82) is 0 Å². The highest BCUT2D eigenvalue weighted by molar-refractivity contribution is 6.09. The normalized spacial score (nSPS) is 18.7. The molecule has 1 saturated heterocycles. The first-order valence-corrected chi connectivity index (χ1v) is 20.9. The topological polar surface area (TPSA) is 27.1 Å². The lowest BCUT2D eigenvalue weighted by molar-refractivity contribution is 0.420. The van der Waals surface area contributed by atoms with Crippen molar-refractivity contribution in [2.45, 2.75) is 78.6 Å². The minimum Gasteiger partial charge on any atom is -0.457 e. The van der Waals surface area contributed by atoms with Gasteiger partial charge in [0.1, 0.15) is 17.3 Å². The molecule has 0 N–H and O–H groups in total. The summed E-state index contributed by atoms with van der Waals surface area (Å²) in [5, 5.41) is 2.36. The highest BCUT2D eigenvalue weighted by Gasteiger charge is 2.78. The molecule has 0 aliphatic carbocycles. The Morgan fingerprint density at radius 2 is 1.15 bits per heavy atom. The highest BCUT2D eigenvalue weighted by atomic mass is 16.5. The van der Waals surface area contributed by atoms with Gasteiger partial charge in [-0.15, -0.1) is 0 Å². The van der Waals surface area contributed by atoms with Crippen LogP contribution in [0.2, 0.25) is 0 Å². The molecule has 2 aromatic heterocycles. The number of fused-ring (bicyclic) bond motifs is 7. The number of benzene rings is 6. The SMILES string of the molecule is CC(C)(C)c1cc(Oc2ccc3c4ccccc4n(-c4cc(C(C)(C)C)ccn4)c3c2)cc([N+]23[CH-][N@+]2(c2cccc(-c4ccccc4)c2)c2cc(C(C)(C)C)ccc23)c1. The van der Waals surface area contributed by atoms with Crippen LogP contribution in [0.25, 0.3) is 38.8 Å². The Labute approximate surface area is 348 Å². The van der Waals surface area contributed by atoms with Gasteiger partial charge in [0, 0.05) is 59.4 Å². The van der Waals surface area contributed by atoms with Gasteiger partial charge in [-0.2, -0.15) is 9.18 Å². The van der Waals surface area contributed by atoms with E-state index in [1.54, 1.807) is 0 Å². The van der Waals surface area contributed by atoms with Gasteiger partial charge in [-0.1, -0.05) is 129 Å². The number of nitrogens with zero attached hydrogens (tertiary/aromatic N) is 4. The number of para-hydroxylation sites is 1. The predicted octanol–water partition coefficient (Wildman–Crippen LogP) is 14.9. The number of aromatic nitrogens is 2. The molecule has 2 aliphatic rings. The first-order chi connectivity index (χ1) is 28.1. The largest absolute Gasteiger partial charge is 0.457 e. The Morgan fingerprint density at radius 3 is 1.92 bits per heavy atom. The lowest BCUT2D eigenvalue weighted by Gasteiger charge is -2.41. The van der Waals surface area contributed by atoms with E-state index in [2.05, 4.69) is 219 Å². The molecule has 6 aromatic carbocycles. The van der Waals surface area contributed by atoms with Crippen LogP contribution in [0, 0.1) is 6.67 Å². The van der Waals surface area contributed by atoms with Gasteiger partial charge in [-0.3, -0.25) is 4.57 Å². The quantitative estimate of drug-likeness (QED) is 0.0956. The van der Waals surface area contributed by atoms with Crippen molar-refractivity contribution in [3.05, 3.63) is 175 Å². The first-order valence-electron chi connectivity index (χ1n) is 20.9. The molecule has 0 bridgehead atoms. The van der Waals surface area contributed by atoms with Crippen LogP contribution in [0.1, 0.15) is 79.0 Å². The molecule has 294 valence electrons. The number of ether oxygens (including phenoxy) is 1. The fraction of sp³-hybridized carbons (Fsp3) is 0.222. The van der Waals surface area contributed by atoms with E-state index in [9.17, 15) is 0 Å². The van der Waals surface area contributed by atoms with Crippen LogP contribution in [0.15, 0.2) is 152 Å². The molecule has 10 rings (SSSR count). The molecule has 1 fully saturated rings. The second kappa shape index (κ2) is 12.7. The zero-order chi connectivity index (χ0) is 41.1. The van der Waals surface area contributed by atoms with Gasteiger partial charge in [0.05, 0.1) is 11.0 Å². The summed E-state index contributed by atoms with van der Waals surface area (Å²) < 4.78 is 10.5. The third-order valence-corrected chi connectivity index (χ3v) is 12.6. The molecule has 4 heterocycles. The Balaban J connectivity index is 1.12. The maximum absolute atomic E-state index is 7.01. The summed E-state index contributed by atoms with van der Waals surface area (Å²) >= 11 is 0. The van der Waals surface area contributed by atoms with Gasteiger partial charge in [-0.25, -0.2) is 4.98 Å². The van der Waals surface area contributed by atoms with Crippen LogP contribution in [-0.4, -0.2) is 9.55 Å². The van der Waals surface area contributed by atoms with Crippen molar-refractivity contribution in [1.82, 2.24) is 18.7 Å². The molecule has 2 aliphatic heterocycles. The maximum Gasteiger partial charge on any atom is 0.225 e. The van der Waals surface area contributed by atoms with Crippen LogP contribution in [0.3, 0.4) is 0 Å². The van der Waals surface area contributed by atoms with Gasteiger partial charge < -0.3 is 4.74 Å². The van der Waals surface area contributed by atoms with Crippen molar-refractivity contribution in [2.24, 2.45) is 0 Å². The summed E-state index contributed by atoms with van der Waals surface area (Å²) in [6, 6.07) is 53.3. The van der Waals surface area contributed by atoms with E-state index in [4.69, 9.17) is 9.72 Å². The van der Waals surface area contributed by atoms with Crippen LogP contribution in [0.4, 0.5) is 22.7 Å². The van der Waals surface area contributed by atoms with Crippen molar-refractivity contribution >= 4 is 44.6 Å². The number of quaternary nitrogens is 2. The molecule has 1 unspecified atom stereocenters. The molecule has 0 saturated carbocycles. The van der Waals surface area contributed by atoms with Crippen LogP contribution >= 0.6 is 0 Å². The Hall–Kier alpha value is -6.01. The summed E-state index contributed by atoms with van der Waals surface area (Å²) in [6.45, 7) is 23.0. The van der Waals surface area contributed by atoms with Crippen molar-refractivity contribution in [3.8, 4) is 28.4 Å². The van der Waals surface area contributed by atoms with E-state index in [0.29, 0.717) is 9.18 Å². The average Bonchev–Trinajstić information content (AvgIpc) is 3.71. The molecule has 8 aromatic rings.